The van der Waals surface area contributed by atoms with Crippen molar-refractivity contribution in [3.63, 3.8) is 0 Å². The molecule has 0 aliphatic heterocycles. The van der Waals surface area contributed by atoms with E-state index in [0.717, 1.165) is 38.2 Å². The fraction of sp³-hybridized carbons (Fsp3) is 0.556. The molecule has 0 radical (unpaired) electrons. The summed E-state index contributed by atoms with van der Waals surface area (Å²) in [5, 5.41) is 16.3. The van der Waals surface area contributed by atoms with Crippen molar-refractivity contribution in [2.24, 2.45) is 0 Å². The lowest BCUT2D eigenvalue weighted by Gasteiger charge is -2.22. The van der Waals surface area contributed by atoms with Crippen LogP contribution in [0.2, 0.25) is 0 Å². The third-order valence-electron chi connectivity index (χ3n) is 4.56. The highest BCUT2D eigenvalue weighted by Gasteiger charge is 2.33. The van der Waals surface area contributed by atoms with Gasteiger partial charge in [-0.3, -0.25) is 14.9 Å². The first-order valence-electron chi connectivity index (χ1n) is 9.16. The van der Waals surface area contributed by atoms with Gasteiger partial charge < -0.3 is 15.4 Å². The Labute approximate surface area is 164 Å². The van der Waals surface area contributed by atoms with Crippen LogP contribution in [0, 0.1) is 10.1 Å². The summed E-state index contributed by atoms with van der Waals surface area (Å²) in [6.45, 7) is 0.819. The van der Waals surface area contributed by atoms with Gasteiger partial charge in [-0.25, -0.2) is 4.79 Å². The summed E-state index contributed by atoms with van der Waals surface area (Å²) < 4.78 is 43.1. The molecule has 0 saturated heterocycles. The average Bonchev–Trinajstić information content (AvgIpc) is 2.66. The Morgan fingerprint density at radius 3 is 2.52 bits per heavy atom. The van der Waals surface area contributed by atoms with Crippen molar-refractivity contribution in [1.29, 1.82) is 0 Å². The van der Waals surface area contributed by atoms with Crippen LogP contribution in [0.4, 0.5) is 24.5 Å². The number of esters is 1. The molecule has 1 aromatic carbocycles. The quantitative estimate of drug-likeness (QED) is 0.400. The normalized spacial score (nSPS) is 16.0. The number of alkyl halides is 3. The van der Waals surface area contributed by atoms with Crippen molar-refractivity contribution in [3.8, 4) is 0 Å². The molecule has 2 N–H and O–H groups in total. The number of halogens is 3. The van der Waals surface area contributed by atoms with Crippen LogP contribution >= 0.6 is 0 Å². The Morgan fingerprint density at radius 1 is 1.28 bits per heavy atom. The molecule has 1 aliphatic rings. The van der Waals surface area contributed by atoms with Crippen molar-refractivity contribution in [2.45, 2.75) is 57.3 Å². The van der Waals surface area contributed by atoms with Crippen molar-refractivity contribution >= 4 is 23.3 Å². The molecule has 8 nitrogen and oxygen atoms in total. The van der Waals surface area contributed by atoms with E-state index >= 15 is 0 Å². The van der Waals surface area contributed by atoms with E-state index in [9.17, 15) is 32.9 Å². The van der Waals surface area contributed by atoms with E-state index in [4.69, 9.17) is 4.74 Å². The highest BCUT2D eigenvalue weighted by atomic mass is 19.4. The molecule has 1 aromatic rings. The molecular formula is C18H22F3N3O5. The Hall–Kier alpha value is -2.85. The molecule has 29 heavy (non-hydrogen) atoms. The number of ether oxygens (including phenoxy) is 1. The smallest absolute Gasteiger partial charge is 0.416 e. The highest BCUT2D eigenvalue weighted by Crippen LogP contribution is 2.35. The second kappa shape index (κ2) is 9.57. The van der Waals surface area contributed by atoms with Crippen LogP contribution < -0.4 is 10.6 Å². The summed E-state index contributed by atoms with van der Waals surface area (Å²) in [4.78, 5) is 34.0. The van der Waals surface area contributed by atoms with Crippen LogP contribution in [0.5, 0.6) is 0 Å². The van der Waals surface area contributed by atoms with Gasteiger partial charge in [0.2, 0.25) is 0 Å². The van der Waals surface area contributed by atoms with Gasteiger partial charge in [0.25, 0.3) is 11.6 Å². The van der Waals surface area contributed by atoms with Crippen LogP contribution in [0.15, 0.2) is 18.2 Å². The van der Waals surface area contributed by atoms with E-state index in [1.165, 1.54) is 6.92 Å². The lowest BCUT2D eigenvalue weighted by atomic mass is 9.95. The summed E-state index contributed by atoms with van der Waals surface area (Å²) in [5.74, 6) is -1.31. The van der Waals surface area contributed by atoms with E-state index in [1.807, 2.05) is 0 Å². The summed E-state index contributed by atoms with van der Waals surface area (Å²) in [6.07, 6.45) is 0.180. The molecule has 1 saturated carbocycles. The Balaban J connectivity index is 1.93. The van der Waals surface area contributed by atoms with Gasteiger partial charge in [0.05, 0.1) is 10.5 Å². The number of amides is 1. The van der Waals surface area contributed by atoms with Crippen molar-refractivity contribution in [1.82, 2.24) is 5.32 Å². The Kier molecular flexibility index (Phi) is 7.40. The van der Waals surface area contributed by atoms with Crippen molar-refractivity contribution in [3.05, 3.63) is 33.9 Å². The number of carbonyl (C=O) groups is 2. The Bertz CT molecular complexity index is 764. The molecule has 2 rings (SSSR count). The van der Waals surface area contributed by atoms with E-state index in [2.05, 4.69) is 10.6 Å². The lowest BCUT2D eigenvalue weighted by molar-refractivity contribution is -0.384. The van der Waals surface area contributed by atoms with Crippen LogP contribution in [-0.2, 0) is 20.5 Å². The number of rotatable bonds is 7. The van der Waals surface area contributed by atoms with Gasteiger partial charge >= 0.3 is 12.1 Å². The van der Waals surface area contributed by atoms with Gasteiger partial charge in [0.1, 0.15) is 11.7 Å². The molecule has 0 aromatic heterocycles. The standard InChI is InChI=1S/C18H22F3N3O5/c1-11(17(26)29-10-16(25)23-13-5-3-2-4-6-13)22-14-8-7-12(18(19,20)21)9-15(14)24(27)28/h7-9,11,13,22H,2-6,10H2,1H3,(H,23,25). The molecule has 160 valence electrons. The minimum absolute atomic E-state index is 0.0558. The van der Waals surface area contributed by atoms with Gasteiger partial charge in [0.15, 0.2) is 6.61 Å². The largest absolute Gasteiger partial charge is 0.454 e. The minimum atomic E-state index is -4.74. The monoisotopic (exact) mass is 417 g/mol. The molecule has 11 heteroatoms. The first-order chi connectivity index (χ1) is 13.6. The van der Waals surface area contributed by atoms with E-state index < -0.39 is 46.9 Å². The first kappa shape index (κ1) is 22.4. The van der Waals surface area contributed by atoms with Gasteiger partial charge in [-0.15, -0.1) is 0 Å². The number of nitro groups is 1. The number of nitrogens with one attached hydrogen (secondary N) is 2. The van der Waals surface area contributed by atoms with E-state index in [0.29, 0.717) is 12.1 Å². The lowest BCUT2D eigenvalue weighted by Crippen LogP contribution is -2.40. The Morgan fingerprint density at radius 2 is 1.93 bits per heavy atom. The van der Waals surface area contributed by atoms with Gasteiger partial charge in [-0.2, -0.15) is 13.2 Å². The zero-order chi connectivity index (χ0) is 21.6. The van der Waals surface area contributed by atoms with E-state index in [-0.39, 0.29) is 11.7 Å². The number of benzene rings is 1. The van der Waals surface area contributed by atoms with Gasteiger partial charge in [-0.05, 0) is 31.9 Å². The molecule has 1 unspecified atom stereocenters. The molecule has 1 aliphatic carbocycles. The number of hydrogen-bond donors (Lipinski definition) is 2. The zero-order valence-electron chi connectivity index (χ0n) is 15.8. The SMILES string of the molecule is CC(Nc1ccc(C(F)(F)F)cc1[N+](=O)[O-])C(=O)OCC(=O)NC1CCCCC1. The minimum Gasteiger partial charge on any atom is -0.454 e. The maximum atomic E-state index is 12.7. The zero-order valence-corrected chi connectivity index (χ0v) is 15.8. The number of nitro benzene ring substituents is 1. The third kappa shape index (κ3) is 6.61. The second-order valence-electron chi connectivity index (χ2n) is 6.86. The maximum absolute atomic E-state index is 12.7. The molecule has 0 spiro atoms. The maximum Gasteiger partial charge on any atom is 0.416 e. The summed E-state index contributed by atoms with van der Waals surface area (Å²) in [7, 11) is 0. The average molecular weight is 417 g/mol. The molecule has 1 fully saturated rings. The molecule has 1 atom stereocenters. The van der Waals surface area contributed by atoms with Gasteiger partial charge in [-0.1, -0.05) is 19.3 Å². The summed E-state index contributed by atoms with van der Waals surface area (Å²) in [5.41, 5.74) is -2.27. The third-order valence-corrected chi connectivity index (χ3v) is 4.56. The van der Waals surface area contributed by atoms with Crippen LogP contribution in [0.3, 0.4) is 0 Å². The molecular weight excluding hydrogens is 395 g/mol. The number of carbonyl (C=O) groups excluding carboxylic acids is 2. The van der Waals surface area contributed by atoms with Crippen LogP contribution in [-0.4, -0.2) is 35.5 Å². The van der Waals surface area contributed by atoms with Crippen LogP contribution in [0.25, 0.3) is 0 Å². The number of nitrogens with zero attached hydrogens (tertiary/aromatic N) is 1. The fourth-order valence-electron chi connectivity index (χ4n) is 3.05. The first-order valence-corrected chi connectivity index (χ1v) is 9.16. The topological polar surface area (TPSA) is 111 Å². The summed E-state index contributed by atoms with van der Waals surface area (Å²) in [6, 6.07) is 0.872. The van der Waals surface area contributed by atoms with E-state index in [1.54, 1.807) is 0 Å². The fourth-order valence-corrected chi connectivity index (χ4v) is 3.05. The van der Waals surface area contributed by atoms with Crippen molar-refractivity contribution in [2.75, 3.05) is 11.9 Å². The number of hydrogen-bond acceptors (Lipinski definition) is 6. The highest BCUT2D eigenvalue weighted by molar-refractivity contribution is 5.84. The van der Waals surface area contributed by atoms with Crippen molar-refractivity contribution < 1.29 is 32.4 Å². The molecule has 1 amide bonds. The van der Waals surface area contributed by atoms with Gasteiger partial charge in [0, 0.05) is 12.1 Å². The van der Waals surface area contributed by atoms with Crippen LogP contribution in [0.1, 0.15) is 44.6 Å². The molecule has 0 bridgehead atoms. The predicted octanol–water partition coefficient (Wildman–Crippen LogP) is 3.41. The molecule has 0 heterocycles. The summed E-state index contributed by atoms with van der Waals surface area (Å²) >= 11 is 0. The number of anilines is 1. The second-order valence-corrected chi connectivity index (χ2v) is 6.86. The predicted molar refractivity (Wildman–Crippen MR) is 97.2 cm³/mol.